The van der Waals surface area contributed by atoms with E-state index in [1.807, 2.05) is 13.0 Å². The first-order valence-electron chi connectivity index (χ1n) is 6.65. The van der Waals surface area contributed by atoms with Gasteiger partial charge in [-0.2, -0.15) is 0 Å². The van der Waals surface area contributed by atoms with E-state index >= 15 is 0 Å². The minimum absolute atomic E-state index is 0.0730. The van der Waals surface area contributed by atoms with Crippen LogP contribution < -0.4 is 0 Å². The number of allylic oxidation sites excluding steroid dienone is 1. The molecule has 1 aliphatic carbocycles. The van der Waals surface area contributed by atoms with E-state index in [4.69, 9.17) is 14.2 Å². The Morgan fingerprint density at radius 1 is 1.47 bits per heavy atom. The minimum atomic E-state index is -0.642. The molecule has 0 N–H and O–H groups in total. The average Bonchev–Trinajstić information content (AvgIpc) is 2.71. The lowest BCUT2D eigenvalue weighted by molar-refractivity contribution is -0.149. The average molecular weight is 260 g/mol. The third-order valence-corrected chi connectivity index (χ3v) is 4.62. The van der Waals surface area contributed by atoms with E-state index in [0.717, 1.165) is 12.0 Å². The van der Waals surface area contributed by atoms with Crippen LogP contribution in [0, 0.1) is 5.92 Å². The summed E-state index contributed by atoms with van der Waals surface area (Å²) < 4.78 is 17.4. The van der Waals surface area contributed by atoms with E-state index in [1.54, 1.807) is 0 Å². The van der Waals surface area contributed by atoms with Crippen molar-refractivity contribution in [3.8, 4) is 0 Å². The number of ether oxygens (including phenoxy) is 3. The minimum Gasteiger partial charge on any atom is -0.458 e. The fraction of sp³-hybridized carbons (Fsp3) is 0.533. The number of rotatable bonds is 0. The SMILES string of the molecule is C=C1C(=O)OC2CC34COC(C)(C=CC3=CCC12)O4. The molecule has 3 aliphatic heterocycles. The Labute approximate surface area is 111 Å². The molecule has 0 radical (unpaired) electrons. The molecule has 2 bridgehead atoms. The van der Waals surface area contributed by atoms with Gasteiger partial charge in [0.25, 0.3) is 0 Å². The summed E-state index contributed by atoms with van der Waals surface area (Å²) in [5.41, 5.74) is 1.26. The van der Waals surface area contributed by atoms with Crippen molar-refractivity contribution in [2.45, 2.75) is 37.3 Å². The lowest BCUT2D eigenvalue weighted by Gasteiger charge is -2.34. The van der Waals surface area contributed by atoms with Gasteiger partial charge in [0.05, 0.1) is 6.61 Å². The van der Waals surface area contributed by atoms with E-state index in [9.17, 15) is 4.79 Å². The summed E-state index contributed by atoms with van der Waals surface area (Å²) in [6.07, 6.45) is 7.45. The van der Waals surface area contributed by atoms with Crippen LogP contribution in [-0.4, -0.2) is 30.1 Å². The van der Waals surface area contributed by atoms with Crippen LogP contribution in [0.4, 0.5) is 0 Å². The predicted octanol–water partition coefficient (Wildman–Crippen LogP) is 1.88. The summed E-state index contributed by atoms with van der Waals surface area (Å²) in [5.74, 6) is -0.836. The molecule has 4 atom stereocenters. The summed E-state index contributed by atoms with van der Waals surface area (Å²) in [4.78, 5) is 11.7. The first-order chi connectivity index (χ1) is 9.01. The van der Waals surface area contributed by atoms with Gasteiger partial charge in [-0.3, -0.25) is 0 Å². The van der Waals surface area contributed by atoms with Crippen LogP contribution in [0.15, 0.2) is 36.0 Å². The molecular weight excluding hydrogens is 244 g/mol. The molecule has 0 aromatic rings. The van der Waals surface area contributed by atoms with Gasteiger partial charge in [0.1, 0.15) is 11.7 Å². The second kappa shape index (κ2) is 3.38. The maximum atomic E-state index is 11.7. The van der Waals surface area contributed by atoms with Crippen LogP contribution in [0.2, 0.25) is 0 Å². The Morgan fingerprint density at radius 2 is 2.32 bits per heavy atom. The van der Waals surface area contributed by atoms with E-state index in [0.29, 0.717) is 18.6 Å². The first kappa shape index (κ1) is 11.4. The molecule has 2 fully saturated rings. The standard InChI is InChI=1S/C15H16O4/c1-9-11-4-3-10-5-6-14(2)17-8-15(10,19-14)7-12(11)18-13(9)16/h3,5-6,11-12H,1,4,7-8H2,2H3. The van der Waals surface area contributed by atoms with Gasteiger partial charge in [-0.15, -0.1) is 0 Å². The highest BCUT2D eigenvalue weighted by atomic mass is 16.8. The van der Waals surface area contributed by atoms with Gasteiger partial charge >= 0.3 is 5.97 Å². The van der Waals surface area contributed by atoms with E-state index < -0.39 is 11.4 Å². The van der Waals surface area contributed by atoms with Crippen molar-refractivity contribution in [1.29, 1.82) is 0 Å². The van der Waals surface area contributed by atoms with E-state index in [2.05, 4.69) is 18.7 Å². The predicted molar refractivity (Wildman–Crippen MR) is 67.1 cm³/mol. The number of hydrogen-bond acceptors (Lipinski definition) is 4. The molecule has 100 valence electrons. The zero-order chi connectivity index (χ0) is 13.3. The molecule has 4 aliphatic rings. The molecule has 0 aromatic heterocycles. The molecule has 4 heteroatoms. The number of esters is 1. The number of hydrogen-bond donors (Lipinski definition) is 0. The highest BCUT2D eigenvalue weighted by molar-refractivity contribution is 5.90. The highest BCUT2D eigenvalue weighted by Gasteiger charge is 2.55. The van der Waals surface area contributed by atoms with Crippen molar-refractivity contribution in [1.82, 2.24) is 0 Å². The molecule has 3 heterocycles. The maximum absolute atomic E-state index is 11.7. The Kier molecular flexibility index (Phi) is 2.03. The topological polar surface area (TPSA) is 44.8 Å². The van der Waals surface area contributed by atoms with Gasteiger partial charge in [-0.05, 0) is 25.0 Å². The van der Waals surface area contributed by atoms with Crippen LogP contribution in [0.3, 0.4) is 0 Å². The zero-order valence-corrected chi connectivity index (χ0v) is 10.8. The van der Waals surface area contributed by atoms with Crippen LogP contribution in [0.25, 0.3) is 0 Å². The quantitative estimate of drug-likeness (QED) is 0.493. The number of carbonyl (C=O) groups excluding carboxylic acids is 1. The molecule has 2 saturated heterocycles. The van der Waals surface area contributed by atoms with Crippen molar-refractivity contribution < 1.29 is 19.0 Å². The van der Waals surface area contributed by atoms with Crippen LogP contribution in [0.5, 0.6) is 0 Å². The van der Waals surface area contributed by atoms with Gasteiger partial charge in [0.15, 0.2) is 5.79 Å². The first-order valence-corrected chi connectivity index (χ1v) is 6.65. The third-order valence-electron chi connectivity index (χ3n) is 4.62. The van der Waals surface area contributed by atoms with Gasteiger partial charge in [-0.25, -0.2) is 4.79 Å². The van der Waals surface area contributed by atoms with Gasteiger partial charge < -0.3 is 14.2 Å². The fourth-order valence-electron chi connectivity index (χ4n) is 3.52. The Hall–Kier alpha value is -1.39. The van der Waals surface area contributed by atoms with Crippen LogP contribution >= 0.6 is 0 Å². The van der Waals surface area contributed by atoms with Gasteiger partial charge in [0, 0.05) is 17.9 Å². The molecule has 1 spiro atoms. The molecule has 4 nitrogen and oxygen atoms in total. The second-order valence-corrected chi connectivity index (χ2v) is 5.91. The maximum Gasteiger partial charge on any atom is 0.334 e. The lowest BCUT2D eigenvalue weighted by Crippen LogP contribution is -2.41. The van der Waals surface area contributed by atoms with Crippen LogP contribution in [-0.2, 0) is 19.0 Å². The van der Waals surface area contributed by atoms with E-state index in [1.165, 1.54) is 0 Å². The molecule has 0 amide bonds. The molecule has 0 aromatic carbocycles. The van der Waals surface area contributed by atoms with Crippen molar-refractivity contribution in [2.24, 2.45) is 5.92 Å². The normalized spacial score (nSPS) is 47.3. The number of fused-ring (bicyclic) bond motifs is 2. The van der Waals surface area contributed by atoms with Crippen molar-refractivity contribution in [2.75, 3.05) is 6.61 Å². The van der Waals surface area contributed by atoms with Gasteiger partial charge in [0.2, 0.25) is 0 Å². The van der Waals surface area contributed by atoms with Gasteiger partial charge in [-0.1, -0.05) is 18.7 Å². The number of carbonyl (C=O) groups is 1. The smallest absolute Gasteiger partial charge is 0.334 e. The highest BCUT2D eigenvalue weighted by Crippen LogP contribution is 2.49. The summed E-state index contributed by atoms with van der Waals surface area (Å²) >= 11 is 0. The van der Waals surface area contributed by atoms with Crippen molar-refractivity contribution in [3.05, 3.63) is 36.0 Å². The monoisotopic (exact) mass is 260 g/mol. The van der Waals surface area contributed by atoms with Crippen molar-refractivity contribution >= 4 is 5.97 Å². The molecule has 4 unspecified atom stereocenters. The molecule has 0 saturated carbocycles. The Bertz CT molecular complexity index is 546. The molecular formula is C15H16O4. The summed E-state index contributed by atoms with van der Waals surface area (Å²) in [5, 5.41) is 0. The van der Waals surface area contributed by atoms with E-state index in [-0.39, 0.29) is 18.0 Å². The lowest BCUT2D eigenvalue weighted by atomic mass is 9.86. The summed E-state index contributed by atoms with van der Waals surface area (Å²) in [6.45, 7) is 6.28. The Balaban J connectivity index is 1.75. The second-order valence-electron chi connectivity index (χ2n) is 5.91. The zero-order valence-electron chi connectivity index (χ0n) is 10.8. The Morgan fingerprint density at radius 3 is 3.16 bits per heavy atom. The van der Waals surface area contributed by atoms with Crippen LogP contribution in [0.1, 0.15) is 19.8 Å². The fourth-order valence-corrected chi connectivity index (χ4v) is 3.52. The largest absolute Gasteiger partial charge is 0.458 e. The molecule has 4 rings (SSSR count). The van der Waals surface area contributed by atoms with Crippen molar-refractivity contribution in [3.63, 3.8) is 0 Å². The summed E-state index contributed by atoms with van der Waals surface area (Å²) in [6, 6.07) is 0. The third kappa shape index (κ3) is 1.44. The molecule has 19 heavy (non-hydrogen) atoms. The summed E-state index contributed by atoms with van der Waals surface area (Å²) in [7, 11) is 0.